The molecule has 2 saturated carbocycles. The van der Waals surface area contributed by atoms with Gasteiger partial charge in [-0.1, -0.05) is 11.6 Å². The van der Waals surface area contributed by atoms with E-state index in [0.717, 1.165) is 30.0 Å². The summed E-state index contributed by atoms with van der Waals surface area (Å²) >= 11 is 6.12. The van der Waals surface area contributed by atoms with Gasteiger partial charge in [0.15, 0.2) is 15.9 Å². The number of hydrogen-bond donors (Lipinski definition) is 1. The first-order valence-corrected chi connectivity index (χ1v) is 14.1. The number of hydrogen-bond acceptors (Lipinski definition) is 6. The largest absolute Gasteiger partial charge is 0.481 e. The molecule has 214 valence electrons. The molecular weight excluding hydrogens is 573 g/mol. The highest BCUT2D eigenvalue weighted by atomic mass is 35.5. The molecule has 1 aromatic carbocycles. The van der Waals surface area contributed by atoms with Gasteiger partial charge in [0.25, 0.3) is 5.92 Å². The lowest BCUT2D eigenvalue weighted by Crippen LogP contribution is -2.45. The highest BCUT2D eigenvalue weighted by molar-refractivity contribution is 7.92. The first-order valence-electron chi connectivity index (χ1n) is 12.1. The maximum Gasteiger partial charge on any atom is 0.425 e. The molecule has 0 spiro atoms. The normalized spacial score (nSPS) is 26.5. The first kappa shape index (κ1) is 29.3. The standard InChI is InChI=1S/C24H25ClF5N3O5S/c1-13(24(28,29)30)38-14-2-3-19(18(25)8-14)39(36,37)15-9-16(20(34)32-22(11-31)4-5-22)17(10-15)21(35)33-7-6-23(26,27)12-33/h2-3,8,13,15-17H,4-7,9-10,12H2,1H3,(H,32,34)/t13-,15+,16+,17+/m0/s1. The average Bonchev–Trinajstić information content (AvgIpc) is 3.28. The molecule has 1 N–H and O–H groups in total. The topological polar surface area (TPSA) is 117 Å². The highest BCUT2D eigenvalue weighted by Gasteiger charge is 2.53. The lowest BCUT2D eigenvalue weighted by Gasteiger charge is -2.24. The molecule has 4 atom stereocenters. The van der Waals surface area contributed by atoms with E-state index in [1.54, 1.807) is 0 Å². The van der Waals surface area contributed by atoms with Crippen LogP contribution in [0.5, 0.6) is 5.75 Å². The van der Waals surface area contributed by atoms with E-state index in [1.807, 2.05) is 6.07 Å². The smallest absolute Gasteiger partial charge is 0.425 e. The van der Waals surface area contributed by atoms with E-state index in [0.29, 0.717) is 12.8 Å². The third kappa shape index (κ3) is 6.09. The summed E-state index contributed by atoms with van der Waals surface area (Å²) < 4.78 is 97.9. The Hall–Kier alpha value is -2.66. The molecule has 0 bridgehead atoms. The van der Waals surface area contributed by atoms with Crippen molar-refractivity contribution in [2.24, 2.45) is 11.8 Å². The van der Waals surface area contributed by atoms with Crippen LogP contribution in [-0.2, 0) is 19.4 Å². The number of ether oxygens (including phenoxy) is 1. The predicted octanol–water partition coefficient (Wildman–Crippen LogP) is 3.88. The van der Waals surface area contributed by atoms with Crippen LogP contribution in [-0.4, -0.2) is 67.2 Å². The second kappa shape index (κ2) is 10.1. The number of carbonyl (C=O) groups excluding carboxylic acids is 2. The molecule has 0 aromatic heterocycles. The lowest BCUT2D eigenvalue weighted by molar-refractivity contribution is -0.189. The van der Waals surface area contributed by atoms with Gasteiger partial charge in [-0.3, -0.25) is 9.59 Å². The highest BCUT2D eigenvalue weighted by Crippen LogP contribution is 2.44. The molecule has 39 heavy (non-hydrogen) atoms. The molecule has 1 aliphatic heterocycles. The number of nitriles is 1. The second-order valence-corrected chi connectivity index (χ2v) is 12.9. The molecule has 1 heterocycles. The van der Waals surface area contributed by atoms with E-state index in [9.17, 15) is 45.2 Å². The van der Waals surface area contributed by atoms with Crippen LogP contribution in [0.4, 0.5) is 22.0 Å². The molecule has 15 heteroatoms. The minimum Gasteiger partial charge on any atom is -0.481 e. The van der Waals surface area contributed by atoms with Gasteiger partial charge in [-0.25, -0.2) is 17.2 Å². The van der Waals surface area contributed by atoms with Crippen molar-refractivity contribution >= 4 is 33.3 Å². The van der Waals surface area contributed by atoms with Crippen LogP contribution < -0.4 is 10.1 Å². The lowest BCUT2D eigenvalue weighted by atomic mass is 9.93. The zero-order valence-corrected chi connectivity index (χ0v) is 22.2. The van der Waals surface area contributed by atoms with Gasteiger partial charge in [-0.15, -0.1) is 0 Å². The number of carbonyl (C=O) groups is 2. The Bertz CT molecular complexity index is 1310. The van der Waals surface area contributed by atoms with Crippen molar-refractivity contribution in [1.82, 2.24) is 10.2 Å². The van der Waals surface area contributed by atoms with E-state index in [-0.39, 0.29) is 25.1 Å². The van der Waals surface area contributed by atoms with Crippen molar-refractivity contribution in [2.75, 3.05) is 13.1 Å². The first-order chi connectivity index (χ1) is 18.0. The molecule has 3 aliphatic rings. The Morgan fingerprint density at radius 1 is 1.21 bits per heavy atom. The van der Waals surface area contributed by atoms with Crippen molar-refractivity contribution in [3.8, 4) is 11.8 Å². The Labute approximate surface area is 226 Å². The number of amides is 2. The second-order valence-electron chi connectivity index (χ2n) is 10.3. The number of alkyl halides is 5. The van der Waals surface area contributed by atoms with Crippen LogP contribution in [0.25, 0.3) is 0 Å². The third-order valence-electron chi connectivity index (χ3n) is 7.40. The number of nitrogens with zero attached hydrogens (tertiary/aromatic N) is 2. The van der Waals surface area contributed by atoms with Crippen molar-refractivity contribution in [3.05, 3.63) is 23.2 Å². The summed E-state index contributed by atoms with van der Waals surface area (Å²) in [5, 5.41) is 10.2. The van der Waals surface area contributed by atoms with Crippen LogP contribution >= 0.6 is 11.6 Å². The molecule has 0 radical (unpaired) electrons. The van der Waals surface area contributed by atoms with Crippen molar-refractivity contribution < 1.29 is 44.7 Å². The van der Waals surface area contributed by atoms with Crippen molar-refractivity contribution in [1.29, 1.82) is 5.26 Å². The van der Waals surface area contributed by atoms with Crippen LogP contribution in [0.3, 0.4) is 0 Å². The van der Waals surface area contributed by atoms with Crippen molar-refractivity contribution in [3.63, 3.8) is 0 Å². The van der Waals surface area contributed by atoms with E-state index in [2.05, 4.69) is 5.32 Å². The van der Waals surface area contributed by atoms with Gasteiger partial charge in [0, 0.05) is 19.0 Å². The number of nitrogens with one attached hydrogen (secondary N) is 1. The molecule has 1 saturated heterocycles. The quantitative estimate of drug-likeness (QED) is 0.477. The molecule has 3 fully saturated rings. The van der Waals surface area contributed by atoms with Crippen LogP contribution in [0, 0.1) is 23.2 Å². The fourth-order valence-electron chi connectivity index (χ4n) is 4.92. The summed E-state index contributed by atoms with van der Waals surface area (Å²) in [5.41, 5.74) is -1.10. The SMILES string of the molecule is C[C@H](Oc1ccc(S(=O)(=O)[C@@H]2C[C@@H](C(=O)NC3(C#N)CC3)[C@H](C(=O)N3CCC(F)(F)C3)C2)c(Cl)c1)C(F)(F)F. The number of benzene rings is 1. The molecule has 2 aliphatic carbocycles. The molecular formula is C24H25ClF5N3O5S. The Morgan fingerprint density at radius 2 is 1.85 bits per heavy atom. The summed E-state index contributed by atoms with van der Waals surface area (Å²) in [7, 11) is -4.33. The monoisotopic (exact) mass is 597 g/mol. The van der Waals surface area contributed by atoms with Gasteiger partial charge < -0.3 is 15.0 Å². The summed E-state index contributed by atoms with van der Waals surface area (Å²) in [6.07, 6.45) is -7.33. The summed E-state index contributed by atoms with van der Waals surface area (Å²) in [6, 6.07) is 4.90. The van der Waals surface area contributed by atoms with Crippen LogP contribution in [0.2, 0.25) is 5.02 Å². The molecule has 0 unspecified atom stereocenters. The Balaban J connectivity index is 1.58. The molecule has 2 amide bonds. The number of halogens is 6. The maximum atomic E-state index is 13.8. The summed E-state index contributed by atoms with van der Waals surface area (Å²) in [5.74, 6) is -7.35. The van der Waals surface area contributed by atoms with Gasteiger partial charge in [0.2, 0.25) is 11.8 Å². The van der Waals surface area contributed by atoms with E-state index >= 15 is 0 Å². The predicted molar refractivity (Wildman–Crippen MR) is 127 cm³/mol. The summed E-state index contributed by atoms with van der Waals surface area (Å²) in [4.78, 5) is 26.8. The van der Waals surface area contributed by atoms with E-state index in [4.69, 9.17) is 16.3 Å². The Kier molecular flexibility index (Phi) is 7.57. The average molecular weight is 598 g/mol. The van der Waals surface area contributed by atoms with Crippen LogP contribution in [0.15, 0.2) is 23.1 Å². The minimum atomic E-state index is -4.66. The molecule has 1 aromatic rings. The minimum absolute atomic E-state index is 0.250. The fraction of sp³-hybridized carbons (Fsp3) is 0.625. The molecule has 8 nitrogen and oxygen atoms in total. The zero-order valence-electron chi connectivity index (χ0n) is 20.6. The molecule has 4 rings (SSSR count). The van der Waals surface area contributed by atoms with E-state index in [1.165, 1.54) is 0 Å². The number of sulfone groups is 1. The summed E-state index contributed by atoms with van der Waals surface area (Å²) in [6.45, 7) is -0.326. The maximum absolute atomic E-state index is 13.8. The van der Waals surface area contributed by atoms with Crippen molar-refractivity contribution in [2.45, 2.75) is 72.9 Å². The zero-order chi connectivity index (χ0) is 29.0. The van der Waals surface area contributed by atoms with Crippen LogP contribution in [0.1, 0.15) is 39.0 Å². The number of likely N-dealkylation sites (tertiary alicyclic amines) is 1. The van der Waals surface area contributed by atoms with Gasteiger partial charge in [0.1, 0.15) is 11.3 Å². The number of rotatable bonds is 7. The van der Waals surface area contributed by atoms with E-state index < -0.39 is 85.4 Å². The van der Waals surface area contributed by atoms with Gasteiger partial charge in [-0.2, -0.15) is 18.4 Å². The Morgan fingerprint density at radius 3 is 2.36 bits per heavy atom. The van der Waals surface area contributed by atoms with Gasteiger partial charge >= 0.3 is 6.18 Å². The van der Waals surface area contributed by atoms with Gasteiger partial charge in [-0.05, 0) is 44.7 Å². The fourth-order valence-corrected chi connectivity index (χ4v) is 7.28. The van der Waals surface area contributed by atoms with Gasteiger partial charge in [0.05, 0.1) is 39.6 Å². The third-order valence-corrected chi connectivity index (χ3v) is 10.1.